The molecule has 0 spiro atoms. The van der Waals surface area contributed by atoms with Gasteiger partial charge in [-0.1, -0.05) is 34.6 Å². The molecule has 1 saturated heterocycles. The fraction of sp³-hybridized carbons (Fsp3) is 0.529. The van der Waals surface area contributed by atoms with Crippen molar-refractivity contribution in [3.63, 3.8) is 0 Å². The number of aromatic nitrogens is 3. The first-order valence-electron chi connectivity index (χ1n) is 20.1. The molecule has 1 aliphatic heterocycles. The second-order valence-corrected chi connectivity index (χ2v) is 18.7. The molecule has 2 fully saturated rings. The predicted octanol–water partition coefficient (Wildman–Crippen LogP) is 1.68. The molecular formula is C34H46N13O18P3. The highest BCUT2D eigenvalue weighted by Gasteiger charge is 2.44. The van der Waals surface area contributed by atoms with E-state index in [1.165, 1.54) is 17.2 Å². The Bertz CT molecular complexity index is 2620. The van der Waals surface area contributed by atoms with Crippen molar-refractivity contribution in [3.05, 3.63) is 72.8 Å². The molecule has 0 bridgehead atoms. The minimum atomic E-state index is -5.83. The maximum absolute atomic E-state index is 13.0. The third-order valence-corrected chi connectivity index (χ3v) is 13.2. The average molecular weight is 1020 g/mol. The second-order valence-electron chi connectivity index (χ2n) is 14.3. The number of phosphoric acid groups is 3. The van der Waals surface area contributed by atoms with Gasteiger partial charge in [-0.05, 0) is 42.1 Å². The summed E-state index contributed by atoms with van der Waals surface area (Å²) in [7, 11) is -17.1. The van der Waals surface area contributed by atoms with Crippen LogP contribution in [0, 0.1) is 11.8 Å². The summed E-state index contributed by atoms with van der Waals surface area (Å²) in [4.78, 5) is 86.9. The third kappa shape index (κ3) is 17.3. The first-order chi connectivity index (χ1) is 32.3. The van der Waals surface area contributed by atoms with Crippen LogP contribution >= 0.6 is 23.5 Å². The quantitative estimate of drug-likeness (QED) is 0.0131. The van der Waals surface area contributed by atoms with E-state index in [0.29, 0.717) is 30.4 Å². The number of nitrogens with zero attached hydrogens (tertiary/aromatic N) is 8. The zero-order valence-electron chi connectivity index (χ0n) is 35.5. The molecule has 31 nitrogen and oxygen atoms in total. The highest BCUT2D eigenvalue weighted by atomic mass is 31.3. The first kappa shape index (κ1) is 53.5. The number of hydrogen-bond acceptors (Lipinski definition) is 19. The predicted molar refractivity (Wildman–Crippen MR) is 232 cm³/mol. The lowest BCUT2D eigenvalue weighted by atomic mass is 9.93. The number of ether oxygens (including phenoxy) is 5. The highest BCUT2D eigenvalue weighted by molar-refractivity contribution is 7.66. The highest BCUT2D eigenvalue weighted by Crippen LogP contribution is 2.66. The van der Waals surface area contributed by atoms with Gasteiger partial charge in [0.05, 0.1) is 43.4 Å². The van der Waals surface area contributed by atoms with Crippen molar-refractivity contribution in [1.29, 1.82) is 0 Å². The van der Waals surface area contributed by atoms with E-state index < -0.39 is 79.5 Å². The molecule has 0 radical (unpaired) electrons. The molecular weight excluding hydrogens is 971 g/mol. The number of phosphoric ester groups is 1. The Hall–Kier alpha value is -5.43. The smallest absolute Gasteiger partial charge is 0.490 e. The van der Waals surface area contributed by atoms with Crippen molar-refractivity contribution in [1.82, 2.24) is 30.5 Å². The summed E-state index contributed by atoms with van der Waals surface area (Å²) in [5, 5.41) is 15.5. The molecule has 3 aromatic rings. The molecule has 1 aliphatic carbocycles. The van der Waals surface area contributed by atoms with E-state index in [-0.39, 0.29) is 61.2 Å². The van der Waals surface area contributed by atoms with Crippen molar-refractivity contribution in [2.45, 2.75) is 56.4 Å². The summed E-state index contributed by atoms with van der Waals surface area (Å²) < 4.78 is 76.6. The molecule has 34 heteroatoms. The molecule has 1 aromatic carbocycles. The maximum atomic E-state index is 13.0. The topological polar surface area (TPSA) is 450 Å². The molecule has 10 N–H and O–H groups in total. The van der Waals surface area contributed by atoms with Crippen LogP contribution in [0.25, 0.3) is 31.9 Å². The molecule has 68 heavy (non-hydrogen) atoms. The fourth-order valence-corrected chi connectivity index (χ4v) is 9.31. The summed E-state index contributed by atoms with van der Waals surface area (Å²) in [6, 6.07) is 6.98. The van der Waals surface area contributed by atoms with E-state index in [1.807, 2.05) is 0 Å². The van der Waals surface area contributed by atoms with Crippen LogP contribution in [0.4, 0.5) is 5.95 Å². The molecule has 3 heterocycles. The van der Waals surface area contributed by atoms with Crippen molar-refractivity contribution < 1.29 is 79.7 Å². The van der Waals surface area contributed by atoms with Gasteiger partial charge in [-0.25, -0.2) is 13.7 Å². The molecule has 370 valence electrons. The van der Waals surface area contributed by atoms with E-state index in [2.05, 4.69) is 66.4 Å². The number of carbonyl (C=O) groups is 2. The molecule has 2 aromatic heterocycles. The van der Waals surface area contributed by atoms with Crippen molar-refractivity contribution in [3.8, 4) is 17.6 Å². The second kappa shape index (κ2) is 25.3. The van der Waals surface area contributed by atoms with Crippen molar-refractivity contribution in [2.75, 3.05) is 65.1 Å². The van der Waals surface area contributed by atoms with Crippen LogP contribution in [0.3, 0.4) is 0 Å². The summed E-state index contributed by atoms with van der Waals surface area (Å²) in [5.74, 6) is 4.66. The van der Waals surface area contributed by atoms with Crippen LogP contribution in [0.1, 0.15) is 47.8 Å². The number of azide groups is 2. The van der Waals surface area contributed by atoms with Crippen LogP contribution in [-0.2, 0) is 50.6 Å². The Morgan fingerprint density at radius 1 is 1.09 bits per heavy atom. The Balaban J connectivity index is 1.10. The Morgan fingerprint density at radius 2 is 1.88 bits per heavy atom. The molecule has 2 amide bonds. The largest absolute Gasteiger partial charge is 0.491 e. The van der Waals surface area contributed by atoms with Crippen LogP contribution in [0.2, 0.25) is 0 Å². The number of rotatable bonds is 27. The minimum Gasteiger partial charge on any atom is -0.491 e. The lowest BCUT2D eigenvalue weighted by Crippen LogP contribution is -2.40. The van der Waals surface area contributed by atoms with Gasteiger partial charge < -0.3 is 69.5 Å². The van der Waals surface area contributed by atoms with Gasteiger partial charge in [0.2, 0.25) is 11.9 Å². The van der Waals surface area contributed by atoms with Gasteiger partial charge in [-0.15, -0.1) is 0 Å². The van der Waals surface area contributed by atoms with Crippen molar-refractivity contribution in [2.24, 2.45) is 10.2 Å². The SMILES string of the molecule is [N-]=[N+]=NCOC1C[C@H](n2cc(C#CCNC(=O)COCCOC(COc3cccc(C(=O)NCCNC4CCC4)c3)N=[N+]=[N-])c3c(=O)[nH]c(N)nc32)O[C@@H]1COP(=O)(O)OP(=O)(O)OP(=O)(O)O. The van der Waals surface area contributed by atoms with Crippen LogP contribution in [0.15, 0.2) is 45.5 Å². The van der Waals surface area contributed by atoms with Gasteiger partial charge in [0.25, 0.3) is 11.5 Å². The number of nitrogens with two attached hydrogens (primary N) is 1. The van der Waals surface area contributed by atoms with Gasteiger partial charge in [0.15, 0.2) is 11.9 Å². The van der Waals surface area contributed by atoms with Crippen molar-refractivity contribution >= 4 is 52.3 Å². The van der Waals surface area contributed by atoms with E-state index in [1.54, 1.807) is 24.3 Å². The summed E-state index contributed by atoms with van der Waals surface area (Å²) in [6.07, 6.45) is 0.106. The number of carbonyl (C=O) groups excluding carboxylic acids is 2. The van der Waals surface area contributed by atoms with Crippen LogP contribution < -0.4 is 32.0 Å². The molecule has 6 atom stereocenters. The van der Waals surface area contributed by atoms with Gasteiger partial charge in [-0.2, -0.15) is 13.6 Å². The summed E-state index contributed by atoms with van der Waals surface area (Å²) in [5.41, 5.74) is 23.2. The third-order valence-electron chi connectivity index (χ3n) is 9.40. The molecule has 4 unspecified atom stereocenters. The van der Waals surface area contributed by atoms with Crippen LogP contribution in [0.5, 0.6) is 5.75 Å². The summed E-state index contributed by atoms with van der Waals surface area (Å²) in [6.45, 7) is -1.34. The lowest BCUT2D eigenvalue weighted by molar-refractivity contribution is -0.126. The Morgan fingerprint density at radius 3 is 2.60 bits per heavy atom. The number of nitrogens with one attached hydrogen (secondary N) is 4. The number of hydrogen-bond donors (Lipinski definition) is 9. The zero-order chi connectivity index (χ0) is 49.3. The lowest BCUT2D eigenvalue weighted by Gasteiger charge is -2.26. The number of aromatic amines is 1. The standard InChI is InChI=1S/C34H46N13O18P3/c35-34-42-31-30(33(50)43-34)22(16-47(31)29-15-25(61-20-41-45-36)26(63-29)17-62-67(54,55)65-68(56,57)64-66(51,52)53)5-3-9-39-27(48)18-58-12-13-59-28(44-46-37)19-60-24-8-1-4-21(14-24)32(49)40-11-10-38-23-6-2-7-23/h1,4,8,14,16,23,25-26,28-29,38H,2,6-7,9-13,15,17-20H2,(H,39,48)(H,40,49)(H,54,55)(H,56,57)(H2,51,52,53)(H3,35,42,43,50)/t25?,26-,28?,29-/m1/s1. The maximum Gasteiger partial charge on any atom is 0.490 e. The minimum absolute atomic E-state index is 0.0479. The average Bonchev–Trinajstić information content (AvgIpc) is 3.82. The molecule has 1 saturated carbocycles. The zero-order valence-corrected chi connectivity index (χ0v) is 38.2. The number of nitrogen functional groups attached to an aromatic ring is 1. The fourth-order valence-electron chi connectivity index (χ4n) is 6.28. The van der Waals surface area contributed by atoms with Gasteiger partial charge >= 0.3 is 23.5 Å². The van der Waals surface area contributed by atoms with Gasteiger partial charge in [0.1, 0.15) is 38.0 Å². The summed E-state index contributed by atoms with van der Waals surface area (Å²) >= 11 is 0. The van der Waals surface area contributed by atoms with Crippen LogP contribution in [-0.4, -0.2) is 130 Å². The van der Waals surface area contributed by atoms with E-state index in [4.69, 9.17) is 54.8 Å². The number of amides is 2. The number of anilines is 1. The monoisotopic (exact) mass is 1020 g/mol. The van der Waals surface area contributed by atoms with E-state index >= 15 is 0 Å². The molecule has 2 aliphatic rings. The van der Waals surface area contributed by atoms with Gasteiger partial charge in [-0.3, -0.25) is 23.9 Å². The number of H-pyrrole nitrogens is 1. The van der Waals surface area contributed by atoms with Gasteiger partial charge in [0, 0.05) is 47.1 Å². The van der Waals surface area contributed by atoms with E-state index in [0.717, 1.165) is 12.8 Å². The normalized spacial score (nSPS) is 19.2. The Labute approximate surface area is 384 Å². The van der Waals surface area contributed by atoms with E-state index in [9.17, 15) is 37.9 Å². The first-order valence-corrected chi connectivity index (χ1v) is 24.6. The number of fused-ring (bicyclic) bond motifs is 1. The molecule has 5 rings (SSSR count). The Kier molecular flexibility index (Phi) is 19.9. The number of benzene rings is 1.